The van der Waals surface area contributed by atoms with Crippen molar-refractivity contribution in [2.75, 3.05) is 13.1 Å². The van der Waals surface area contributed by atoms with E-state index < -0.39 is 24.4 Å². The maximum atomic E-state index is 13.6. The quantitative estimate of drug-likeness (QED) is 0.324. The summed E-state index contributed by atoms with van der Waals surface area (Å²) < 4.78 is 35.6. The summed E-state index contributed by atoms with van der Waals surface area (Å²) in [5, 5.41) is 11.7. The number of rotatable bonds is 7. The van der Waals surface area contributed by atoms with E-state index in [1.807, 2.05) is 67.6 Å². The molecule has 0 amide bonds. The Morgan fingerprint density at radius 2 is 1.55 bits per heavy atom. The summed E-state index contributed by atoms with van der Waals surface area (Å²) in [5.74, 6) is 0.454. The predicted octanol–water partition coefficient (Wildman–Crippen LogP) is 6.91. The zero-order valence-electron chi connectivity index (χ0n) is 23.4. The number of aliphatic hydroxyl groups is 1. The number of nitrogens with zero attached hydrogens (tertiary/aromatic N) is 1. The first-order chi connectivity index (χ1) is 17.8. The van der Waals surface area contributed by atoms with Gasteiger partial charge in [0.05, 0.1) is 11.0 Å². The number of para-hydroxylation sites is 1. The molecule has 0 spiro atoms. The summed E-state index contributed by atoms with van der Waals surface area (Å²) >= 11 is 0. The van der Waals surface area contributed by atoms with E-state index in [1.54, 1.807) is 16.4 Å². The van der Waals surface area contributed by atoms with E-state index in [9.17, 15) is 13.5 Å². The molecule has 1 heterocycles. The van der Waals surface area contributed by atoms with Gasteiger partial charge in [-0.3, -0.25) is 0 Å². The minimum Gasteiger partial charge on any atom is -0.543 e. The van der Waals surface area contributed by atoms with Gasteiger partial charge in [0.1, 0.15) is 5.75 Å². The number of sulfonamides is 1. The first-order valence-corrected chi connectivity index (χ1v) is 17.7. The fraction of sp³-hybridized carbons (Fsp3) is 0.419. The van der Waals surface area contributed by atoms with Gasteiger partial charge in [0.15, 0.2) is 0 Å². The Hall–Kier alpha value is -2.45. The van der Waals surface area contributed by atoms with E-state index in [0.29, 0.717) is 13.0 Å². The summed E-state index contributed by atoms with van der Waals surface area (Å²) in [6.07, 6.45) is -0.226. The van der Waals surface area contributed by atoms with Gasteiger partial charge in [-0.2, -0.15) is 4.31 Å². The van der Waals surface area contributed by atoms with Crippen molar-refractivity contribution in [3.8, 4) is 5.75 Å². The lowest BCUT2D eigenvalue weighted by Gasteiger charge is -2.42. The molecule has 0 aliphatic carbocycles. The van der Waals surface area contributed by atoms with Crippen molar-refractivity contribution in [2.45, 2.75) is 69.2 Å². The molecule has 0 bridgehead atoms. The van der Waals surface area contributed by atoms with Crippen LogP contribution >= 0.6 is 0 Å². The Balaban J connectivity index is 1.73. The van der Waals surface area contributed by atoms with Crippen molar-refractivity contribution in [3.05, 3.63) is 95.6 Å². The number of aliphatic hydroxyl groups excluding tert-OH is 1. The molecule has 7 heteroatoms. The second-order valence-corrected chi connectivity index (χ2v) is 18.7. The lowest BCUT2D eigenvalue weighted by Crippen LogP contribution is -2.46. The molecular weight excluding hydrogens is 510 g/mol. The normalized spacial score (nSPS) is 20.2. The third-order valence-electron chi connectivity index (χ3n) is 8.32. The van der Waals surface area contributed by atoms with Crippen molar-refractivity contribution < 1.29 is 18.0 Å². The Bertz CT molecular complexity index is 1330. The molecule has 3 aromatic carbocycles. The molecule has 1 N–H and O–H groups in total. The Morgan fingerprint density at radius 3 is 2.18 bits per heavy atom. The monoisotopic (exact) mass is 551 g/mol. The van der Waals surface area contributed by atoms with Gasteiger partial charge in [0, 0.05) is 19.0 Å². The van der Waals surface area contributed by atoms with E-state index in [1.165, 1.54) is 0 Å². The van der Waals surface area contributed by atoms with Crippen LogP contribution in [-0.2, 0) is 10.0 Å². The summed E-state index contributed by atoms with van der Waals surface area (Å²) in [6.45, 7) is 13.7. The summed E-state index contributed by atoms with van der Waals surface area (Å²) in [4.78, 5) is 0.288. The Labute approximate surface area is 229 Å². The third-order valence-corrected chi connectivity index (χ3v) is 14.5. The summed E-state index contributed by atoms with van der Waals surface area (Å²) in [5.41, 5.74) is 2.85. The van der Waals surface area contributed by atoms with Gasteiger partial charge in [-0.15, -0.1) is 0 Å². The molecule has 3 aromatic rings. The number of piperidine rings is 1. The van der Waals surface area contributed by atoms with Crippen LogP contribution in [0.25, 0.3) is 0 Å². The number of hydrogen-bond donors (Lipinski definition) is 1. The highest BCUT2D eigenvalue weighted by atomic mass is 32.2. The molecule has 0 saturated carbocycles. The number of aryl methyl sites for hydroxylation is 1. The smallest absolute Gasteiger partial charge is 0.250 e. The van der Waals surface area contributed by atoms with Crippen LogP contribution in [0.3, 0.4) is 0 Å². The minimum absolute atomic E-state index is 0.0363. The highest BCUT2D eigenvalue weighted by Gasteiger charge is 2.43. The second kappa shape index (κ2) is 11.0. The zero-order chi connectivity index (χ0) is 27.7. The molecular formula is C31H41NO4SSi. The molecule has 0 aromatic heterocycles. The standard InChI is InChI=1S/C31H41NO4SSi/c1-23-16-18-25(19-17-23)37(34,35)32-21-20-26(28(22-32)30(33)24-12-8-7-9-13-24)27-14-10-11-15-29(27)36-38(5,6)31(2,3)4/h7-19,26,28,30,33H,20-22H2,1-6H3/t26-,28+,30+/m1/s1. The van der Waals surface area contributed by atoms with Crippen LogP contribution in [0.4, 0.5) is 0 Å². The molecule has 1 fully saturated rings. The van der Waals surface area contributed by atoms with Crippen molar-refractivity contribution in [3.63, 3.8) is 0 Å². The molecule has 5 nitrogen and oxygen atoms in total. The van der Waals surface area contributed by atoms with Gasteiger partial charge in [-0.1, -0.05) is 87.0 Å². The topological polar surface area (TPSA) is 66.8 Å². The van der Waals surface area contributed by atoms with Crippen molar-refractivity contribution >= 4 is 18.3 Å². The average molecular weight is 552 g/mol. The molecule has 0 radical (unpaired) electrons. The molecule has 38 heavy (non-hydrogen) atoms. The third kappa shape index (κ3) is 5.91. The maximum Gasteiger partial charge on any atom is 0.250 e. The van der Waals surface area contributed by atoms with E-state index in [2.05, 4.69) is 39.9 Å². The molecule has 204 valence electrons. The lowest BCUT2D eigenvalue weighted by atomic mass is 9.76. The number of hydrogen-bond acceptors (Lipinski definition) is 4. The fourth-order valence-corrected chi connectivity index (χ4v) is 7.47. The van der Waals surface area contributed by atoms with Crippen LogP contribution in [0.15, 0.2) is 83.8 Å². The SMILES string of the molecule is Cc1ccc(S(=O)(=O)N2CC[C@H](c3ccccc3O[Si](C)(C)C(C)(C)C)[C@@H]([C@@H](O)c3ccccc3)C2)cc1. The average Bonchev–Trinajstić information content (AvgIpc) is 2.88. The van der Waals surface area contributed by atoms with Gasteiger partial charge < -0.3 is 9.53 Å². The van der Waals surface area contributed by atoms with Crippen LogP contribution in [0.2, 0.25) is 18.1 Å². The Kier molecular flexibility index (Phi) is 8.24. The molecule has 1 saturated heterocycles. The van der Waals surface area contributed by atoms with E-state index >= 15 is 0 Å². The highest BCUT2D eigenvalue weighted by molar-refractivity contribution is 7.89. The van der Waals surface area contributed by atoms with Crippen LogP contribution in [-0.4, -0.2) is 39.2 Å². The zero-order valence-corrected chi connectivity index (χ0v) is 25.2. The van der Waals surface area contributed by atoms with Gasteiger partial charge in [-0.05, 0) is 66.7 Å². The lowest BCUT2D eigenvalue weighted by molar-refractivity contribution is 0.0584. The van der Waals surface area contributed by atoms with E-state index in [0.717, 1.165) is 22.4 Å². The first kappa shape index (κ1) is 28.6. The van der Waals surface area contributed by atoms with Crippen molar-refractivity contribution in [1.82, 2.24) is 4.31 Å². The summed E-state index contributed by atoms with van der Waals surface area (Å²) in [6, 6.07) is 24.7. The van der Waals surface area contributed by atoms with E-state index in [-0.39, 0.29) is 28.3 Å². The van der Waals surface area contributed by atoms with Crippen LogP contribution in [0.1, 0.15) is 55.9 Å². The number of benzene rings is 3. The molecule has 3 atom stereocenters. The molecule has 0 unspecified atom stereocenters. The van der Waals surface area contributed by atoms with Crippen LogP contribution < -0.4 is 4.43 Å². The van der Waals surface area contributed by atoms with Crippen LogP contribution in [0, 0.1) is 12.8 Å². The van der Waals surface area contributed by atoms with E-state index in [4.69, 9.17) is 4.43 Å². The van der Waals surface area contributed by atoms with Gasteiger partial charge in [0.25, 0.3) is 0 Å². The minimum atomic E-state index is -3.69. The fourth-order valence-electron chi connectivity index (χ4n) is 4.94. The van der Waals surface area contributed by atoms with Crippen molar-refractivity contribution in [1.29, 1.82) is 0 Å². The highest BCUT2D eigenvalue weighted by Crippen LogP contribution is 2.46. The summed E-state index contributed by atoms with van der Waals surface area (Å²) in [7, 11) is -5.81. The van der Waals surface area contributed by atoms with Gasteiger partial charge in [0.2, 0.25) is 18.3 Å². The molecule has 1 aliphatic heterocycles. The van der Waals surface area contributed by atoms with Gasteiger partial charge >= 0.3 is 0 Å². The Morgan fingerprint density at radius 1 is 0.947 bits per heavy atom. The first-order valence-electron chi connectivity index (χ1n) is 13.4. The second-order valence-electron chi connectivity index (χ2n) is 12.0. The van der Waals surface area contributed by atoms with Crippen molar-refractivity contribution in [2.24, 2.45) is 5.92 Å². The molecule has 1 aliphatic rings. The predicted molar refractivity (Wildman–Crippen MR) is 156 cm³/mol. The largest absolute Gasteiger partial charge is 0.543 e. The maximum absolute atomic E-state index is 13.6. The molecule has 4 rings (SSSR count). The van der Waals surface area contributed by atoms with Gasteiger partial charge in [-0.25, -0.2) is 8.42 Å². The van der Waals surface area contributed by atoms with Crippen LogP contribution in [0.5, 0.6) is 5.75 Å².